The molecule has 0 aliphatic carbocycles. The Hall–Kier alpha value is -2.08. The minimum Gasteiger partial charge on any atom is -0.479 e. The first-order valence-electron chi connectivity index (χ1n) is 10.1. The number of likely N-dealkylation sites (tertiary alicyclic amines) is 1. The number of benzene rings is 1. The van der Waals surface area contributed by atoms with Crippen molar-refractivity contribution in [3.63, 3.8) is 0 Å². The molecule has 1 saturated heterocycles. The zero-order chi connectivity index (χ0) is 19.2. The number of fused-ring (bicyclic) bond motifs is 1. The van der Waals surface area contributed by atoms with Crippen LogP contribution < -0.4 is 15.0 Å². The molecule has 0 saturated carbocycles. The van der Waals surface area contributed by atoms with Crippen LogP contribution in [-0.4, -0.2) is 55.5 Å². The van der Waals surface area contributed by atoms with Crippen LogP contribution in [0.5, 0.6) is 5.75 Å². The van der Waals surface area contributed by atoms with Crippen molar-refractivity contribution in [2.24, 2.45) is 0 Å². The van der Waals surface area contributed by atoms with Crippen LogP contribution in [0.4, 0.5) is 5.69 Å². The zero-order valence-electron chi connectivity index (χ0n) is 16.5. The van der Waals surface area contributed by atoms with Crippen LogP contribution in [0.3, 0.4) is 0 Å². The normalized spacial score (nSPS) is 20.1. The molecule has 3 rings (SSSR count). The minimum absolute atomic E-state index is 0.00482. The average Bonchev–Trinajstić information content (AvgIpc) is 2.67. The van der Waals surface area contributed by atoms with E-state index in [-0.39, 0.29) is 11.8 Å². The molecule has 6 heteroatoms. The first-order chi connectivity index (χ1) is 13.0. The molecule has 148 valence electrons. The fourth-order valence-corrected chi connectivity index (χ4v) is 3.76. The van der Waals surface area contributed by atoms with Crippen molar-refractivity contribution in [3.05, 3.63) is 23.8 Å². The van der Waals surface area contributed by atoms with Crippen LogP contribution in [-0.2, 0) is 9.59 Å². The summed E-state index contributed by atoms with van der Waals surface area (Å²) in [6, 6.07) is 5.80. The SMILES string of the molecule is Cc1ccc2c(c1)N(CCC(=O)NCCCN1CCCCC1)C(=O)[C@@H](C)O2. The Labute approximate surface area is 161 Å². The first kappa shape index (κ1) is 19.7. The Kier molecular flexibility index (Phi) is 6.72. The predicted octanol–water partition coefficient (Wildman–Crippen LogP) is 2.49. The summed E-state index contributed by atoms with van der Waals surface area (Å²) in [5, 5.41) is 2.99. The smallest absolute Gasteiger partial charge is 0.267 e. The van der Waals surface area contributed by atoms with Gasteiger partial charge in [-0.25, -0.2) is 0 Å². The molecule has 2 aliphatic rings. The standard InChI is InChI=1S/C21H31N3O3/c1-16-7-8-19-18(15-16)24(21(26)17(2)27-19)14-9-20(25)22-10-6-13-23-11-4-3-5-12-23/h7-8,15,17H,3-6,9-14H2,1-2H3,(H,22,25)/t17-/m1/s1. The number of rotatable bonds is 7. The van der Waals surface area contributed by atoms with Gasteiger partial charge in [-0.05, 0) is 70.4 Å². The van der Waals surface area contributed by atoms with Crippen molar-refractivity contribution in [2.75, 3.05) is 37.6 Å². The average molecular weight is 373 g/mol. The van der Waals surface area contributed by atoms with E-state index >= 15 is 0 Å². The molecule has 1 aromatic carbocycles. The highest BCUT2D eigenvalue weighted by Crippen LogP contribution is 2.34. The Balaban J connectivity index is 1.45. The Morgan fingerprint density at radius 2 is 2.00 bits per heavy atom. The van der Waals surface area contributed by atoms with Gasteiger partial charge in [0.25, 0.3) is 5.91 Å². The van der Waals surface area contributed by atoms with Crippen LogP contribution in [0.2, 0.25) is 0 Å². The number of hydrogen-bond donors (Lipinski definition) is 1. The summed E-state index contributed by atoms with van der Waals surface area (Å²) in [5.41, 5.74) is 1.82. The number of amides is 2. The molecular weight excluding hydrogens is 342 g/mol. The van der Waals surface area contributed by atoms with Crippen LogP contribution in [0.15, 0.2) is 18.2 Å². The summed E-state index contributed by atoms with van der Waals surface area (Å²) >= 11 is 0. The molecule has 0 bridgehead atoms. The lowest BCUT2D eigenvalue weighted by atomic mass is 10.1. The Morgan fingerprint density at radius 1 is 1.22 bits per heavy atom. The van der Waals surface area contributed by atoms with Gasteiger partial charge in [-0.15, -0.1) is 0 Å². The third-order valence-electron chi connectivity index (χ3n) is 5.31. The van der Waals surface area contributed by atoms with E-state index in [1.54, 1.807) is 11.8 Å². The molecular formula is C21H31N3O3. The van der Waals surface area contributed by atoms with E-state index in [0.717, 1.165) is 24.2 Å². The lowest BCUT2D eigenvalue weighted by Crippen LogP contribution is -2.46. The van der Waals surface area contributed by atoms with Gasteiger partial charge in [-0.1, -0.05) is 12.5 Å². The van der Waals surface area contributed by atoms with Gasteiger partial charge in [0, 0.05) is 19.5 Å². The maximum Gasteiger partial charge on any atom is 0.267 e. The molecule has 1 fully saturated rings. The van der Waals surface area contributed by atoms with E-state index in [1.807, 2.05) is 25.1 Å². The van der Waals surface area contributed by atoms with E-state index in [0.29, 0.717) is 25.3 Å². The van der Waals surface area contributed by atoms with Gasteiger partial charge in [-0.3, -0.25) is 9.59 Å². The molecule has 1 aromatic rings. The molecule has 1 atom stereocenters. The number of aryl methyl sites for hydroxylation is 1. The number of nitrogens with one attached hydrogen (secondary N) is 1. The molecule has 1 N–H and O–H groups in total. The summed E-state index contributed by atoms with van der Waals surface area (Å²) in [6.45, 7) is 8.22. The van der Waals surface area contributed by atoms with Gasteiger partial charge in [0.15, 0.2) is 6.10 Å². The molecule has 2 aliphatic heterocycles. The number of carbonyl (C=O) groups excluding carboxylic acids is 2. The molecule has 0 aromatic heterocycles. The highest BCUT2D eigenvalue weighted by atomic mass is 16.5. The zero-order valence-corrected chi connectivity index (χ0v) is 16.5. The van der Waals surface area contributed by atoms with Gasteiger partial charge in [-0.2, -0.15) is 0 Å². The second-order valence-corrected chi connectivity index (χ2v) is 7.58. The number of hydrogen-bond acceptors (Lipinski definition) is 4. The number of ether oxygens (including phenoxy) is 1. The number of piperidine rings is 1. The number of carbonyl (C=O) groups is 2. The Bertz CT molecular complexity index is 671. The summed E-state index contributed by atoms with van der Waals surface area (Å²) in [5.74, 6) is 0.607. The van der Waals surface area contributed by atoms with Gasteiger partial charge in [0.05, 0.1) is 5.69 Å². The summed E-state index contributed by atoms with van der Waals surface area (Å²) in [4.78, 5) is 28.9. The van der Waals surface area contributed by atoms with E-state index in [9.17, 15) is 9.59 Å². The van der Waals surface area contributed by atoms with E-state index in [2.05, 4.69) is 10.2 Å². The summed E-state index contributed by atoms with van der Waals surface area (Å²) < 4.78 is 5.68. The van der Waals surface area contributed by atoms with E-state index in [1.165, 1.54) is 32.4 Å². The lowest BCUT2D eigenvalue weighted by molar-refractivity contribution is -0.125. The van der Waals surface area contributed by atoms with Crippen LogP contribution >= 0.6 is 0 Å². The monoisotopic (exact) mass is 373 g/mol. The topological polar surface area (TPSA) is 61.9 Å². The van der Waals surface area contributed by atoms with Gasteiger partial charge < -0.3 is 19.9 Å². The molecule has 0 spiro atoms. The van der Waals surface area contributed by atoms with Gasteiger partial charge in [0.1, 0.15) is 5.75 Å². The molecule has 0 unspecified atom stereocenters. The van der Waals surface area contributed by atoms with Crippen LogP contribution in [0, 0.1) is 6.92 Å². The van der Waals surface area contributed by atoms with Crippen LogP contribution in [0.1, 0.15) is 44.6 Å². The van der Waals surface area contributed by atoms with Gasteiger partial charge in [0.2, 0.25) is 5.91 Å². The van der Waals surface area contributed by atoms with Crippen molar-refractivity contribution >= 4 is 17.5 Å². The molecule has 6 nitrogen and oxygen atoms in total. The van der Waals surface area contributed by atoms with Crippen molar-refractivity contribution in [2.45, 2.75) is 52.1 Å². The maximum atomic E-state index is 12.5. The van der Waals surface area contributed by atoms with Gasteiger partial charge >= 0.3 is 0 Å². The second-order valence-electron chi connectivity index (χ2n) is 7.58. The van der Waals surface area contributed by atoms with Crippen LogP contribution in [0.25, 0.3) is 0 Å². The third kappa shape index (κ3) is 5.22. The molecule has 27 heavy (non-hydrogen) atoms. The van der Waals surface area contributed by atoms with Crippen molar-refractivity contribution in [1.82, 2.24) is 10.2 Å². The fraction of sp³-hybridized carbons (Fsp3) is 0.619. The highest BCUT2D eigenvalue weighted by Gasteiger charge is 2.31. The largest absolute Gasteiger partial charge is 0.479 e. The van der Waals surface area contributed by atoms with Crippen molar-refractivity contribution in [1.29, 1.82) is 0 Å². The summed E-state index contributed by atoms with van der Waals surface area (Å²) in [7, 11) is 0. The fourth-order valence-electron chi connectivity index (χ4n) is 3.76. The quantitative estimate of drug-likeness (QED) is 0.746. The first-order valence-corrected chi connectivity index (χ1v) is 10.1. The third-order valence-corrected chi connectivity index (χ3v) is 5.31. The highest BCUT2D eigenvalue weighted by molar-refractivity contribution is 6.00. The lowest BCUT2D eigenvalue weighted by Gasteiger charge is -2.33. The molecule has 2 amide bonds. The summed E-state index contributed by atoms with van der Waals surface area (Å²) in [6.07, 6.45) is 4.68. The minimum atomic E-state index is -0.521. The van der Waals surface area contributed by atoms with Crippen molar-refractivity contribution < 1.29 is 14.3 Å². The maximum absolute atomic E-state index is 12.5. The number of nitrogens with zero attached hydrogens (tertiary/aromatic N) is 2. The van der Waals surface area contributed by atoms with Crippen molar-refractivity contribution in [3.8, 4) is 5.75 Å². The number of anilines is 1. The van der Waals surface area contributed by atoms with E-state index in [4.69, 9.17) is 4.74 Å². The molecule has 2 heterocycles. The molecule has 0 radical (unpaired) electrons. The Morgan fingerprint density at radius 3 is 2.78 bits per heavy atom. The van der Waals surface area contributed by atoms with E-state index < -0.39 is 6.10 Å². The predicted molar refractivity (Wildman–Crippen MR) is 106 cm³/mol. The second kappa shape index (κ2) is 9.22.